The number of β-amino-alcohol motifs (C(OH)–C–C–N with tert-alkyl or cyclic N) is 2. The summed E-state index contributed by atoms with van der Waals surface area (Å²) in [7, 11) is 0. The highest BCUT2D eigenvalue weighted by atomic mass is 16.3. The third-order valence-corrected chi connectivity index (χ3v) is 3.10. The van der Waals surface area contributed by atoms with Crippen LogP contribution >= 0.6 is 0 Å². The summed E-state index contributed by atoms with van der Waals surface area (Å²) in [5, 5.41) is 23.0. The van der Waals surface area contributed by atoms with E-state index in [1.807, 2.05) is 0 Å². The number of nitrogens with zero attached hydrogens (tertiary/aromatic N) is 4. The first-order chi connectivity index (χ1) is 8.66. The summed E-state index contributed by atoms with van der Waals surface area (Å²) in [4.78, 5) is 17.6. The number of aliphatic hydroxyl groups is 2. The average Bonchev–Trinajstić information content (AvgIpc) is 2.93. The maximum absolute atomic E-state index is 12.2. The van der Waals surface area contributed by atoms with Crippen LogP contribution in [0, 0.1) is 0 Å². The van der Waals surface area contributed by atoms with Crippen molar-refractivity contribution in [3.63, 3.8) is 0 Å². The first-order valence-corrected chi connectivity index (χ1v) is 5.59. The molecule has 1 amide bonds. The zero-order valence-electron chi connectivity index (χ0n) is 9.47. The van der Waals surface area contributed by atoms with Gasteiger partial charge in [0.2, 0.25) is 0 Å². The molecule has 94 valence electrons. The van der Waals surface area contributed by atoms with Crippen LogP contribution in [0.4, 0.5) is 0 Å². The van der Waals surface area contributed by atoms with Crippen LogP contribution in [0.2, 0.25) is 0 Å². The molecule has 2 aromatic heterocycles. The molecule has 1 aliphatic rings. The van der Waals surface area contributed by atoms with E-state index in [1.165, 1.54) is 11.1 Å². The third-order valence-electron chi connectivity index (χ3n) is 3.10. The second-order valence-corrected chi connectivity index (χ2v) is 4.31. The van der Waals surface area contributed by atoms with Gasteiger partial charge < -0.3 is 15.1 Å². The van der Waals surface area contributed by atoms with Gasteiger partial charge in [-0.25, -0.2) is 4.52 Å². The third kappa shape index (κ3) is 1.64. The number of fused-ring (bicyclic) bond motifs is 1. The van der Waals surface area contributed by atoms with Crippen LogP contribution in [0.25, 0.3) is 5.52 Å². The zero-order chi connectivity index (χ0) is 12.7. The Morgan fingerprint density at radius 2 is 2.00 bits per heavy atom. The highest BCUT2D eigenvalue weighted by Crippen LogP contribution is 2.17. The first kappa shape index (κ1) is 11.1. The van der Waals surface area contributed by atoms with Crippen molar-refractivity contribution >= 4 is 11.4 Å². The predicted molar refractivity (Wildman–Crippen MR) is 60.9 cm³/mol. The SMILES string of the molecule is O=C(c1cnn2ccncc12)N1CC(O)C(O)C1. The van der Waals surface area contributed by atoms with Crippen molar-refractivity contribution < 1.29 is 15.0 Å². The van der Waals surface area contributed by atoms with Crippen LogP contribution in [-0.2, 0) is 0 Å². The van der Waals surface area contributed by atoms with Gasteiger partial charge in [0.1, 0.15) is 0 Å². The second kappa shape index (κ2) is 4.04. The van der Waals surface area contributed by atoms with E-state index in [0.717, 1.165) is 0 Å². The van der Waals surface area contributed by atoms with Gasteiger partial charge in [0.05, 0.1) is 35.7 Å². The maximum Gasteiger partial charge on any atom is 0.257 e. The summed E-state index contributed by atoms with van der Waals surface area (Å²) < 4.78 is 1.56. The molecule has 0 saturated carbocycles. The number of carbonyl (C=O) groups excluding carboxylic acids is 1. The number of hydrogen-bond donors (Lipinski definition) is 2. The number of aromatic nitrogens is 3. The summed E-state index contributed by atoms with van der Waals surface area (Å²) in [6.07, 6.45) is 4.50. The lowest BCUT2D eigenvalue weighted by molar-refractivity contribution is 0.0572. The molecule has 0 aromatic carbocycles. The Morgan fingerprint density at radius 3 is 2.72 bits per heavy atom. The summed E-state index contributed by atoms with van der Waals surface area (Å²) >= 11 is 0. The van der Waals surface area contributed by atoms with Gasteiger partial charge >= 0.3 is 0 Å². The molecular formula is C11H12N4O3. The Labute approximate surface area is 102 Å². The molecule has 0 radical (unpaired) electrons. The summed E-state index contributed by atoms with van der Waals surface area (Å²) in [5.41, 5.74) is 1.03. The van der Waals surface area contributed by atoms with E-state index in [2.05, 4.69) is 10.1 Å². The molecule has 7 nitrogen and oxygen atoms in total. The Balaban J connectivity index is 1.93. The van der Waals surface area contributed by atoms with Gasteiger partial charge in [-0.1, -0.05) is 0 Å². The largest absolute Gasteiger partial charge is 0.388 e. The van der Waals surface area contributed by atoms with E-state index >= 15 is 0 Å². The van der Waals surface area contributed by atoms with Crippen molar-refractivity contribution in [2.24, 2.45) is 0 Å². The Hall–Kier alpha value is -1.99. The molecule has 2 unspecified atom stereocenters. The highest BCUT2D eigenvalue weighted by Gasteiger charge is 2.33. The highest BCUT2D eigenvalue weighted by molar-refractivity contribution is 6.00. The number of likely N-dealkylation sites (tertiary alicyclic amines) is 1. The zero-order valence-corrected chi connectivity index (χ0v) is 9.47. The minimum Gasteiger partial charge on any atom is -0.388 e. The lowest BCUT2D eigenvalue weighted by Gasteiger charge is -2.14. The van der Waals surface area contributed by atoms with Crippen molar-refractivity contribution in [3.05, 3.63) is 30.4 Å². The molecule has 2 N–H and O–H groups in total. The number of hydrogen-bond acceptors (Lipinski definition) is 5. The molecule has 0 aliphatic carbocycles. The van der Waals surface area contributed by atoms with Gasteiger partial charge in [-0.2, -0.15) is 5.10 Å². The van der Waals surface area contributed by atoms with Crippen molar-refractivity contribution in [2.45, 2.75) is 12.2 Å². The van der Waals surface area contributed by atoms with Crippen molar-refractivity contribution in [1.82, 2.24) is 19.5 Å². The lowest BCUT2D eigenvalue weighted by Crippen LogP contribution is -2.29. The van der Waals surface area contributed by atoms with Crippen LogP contribution in [0.1, 0.15) is 10.4 Å². The molecule has 1 aliphatic heterocycles. The van der Waals surface area contributed by atoms with Gasteiger partial charge in [-0.3, -0.25) is 9.78 Å². The molecule has 7 heteroatoms. The number of aliphatic hydroxyl groups excluding tert-OH is 2. The van der Waals surface area contributed by atoms with Gasteiger partial charge in [-0.05, 0) is 0 Å². The summed E-state index contributed by atoms with van der Waals surface area (Å²) in [6, 6.07) is 0. The molecule has 0 spiro atoms. The average molecular weight is 248 g/mol. The molecule has 2 atom stereocenters. The molecule has 2 aromatic rings. The minimum absolute atomic E-state index is 0.137. The summed E-state index contributed by atoms with van der Waals surface area (Å²) in [5.74, 6) is -0.256. The Morgan fingerprint density at radius 1 is 1.28 bits per heavy atom. The molecule has 0 bridgehead atoms. The molecular weight excluding hydrogens is 236 g/mol. The predicted octanol–water partition coefficient (Wildman–Crippen LogP) is -1.09. The van der Waals surface area contributed by atoms with E-state index in [-0.39, 0.29) is 19.0 Å². The number of rotatable bonds is 1. The molecule has 3 rings (SSSR count). The lowest BCUT2D eigenvalue weighted by atomic mass is 10.2. The van der Waals surface area contributed by atoms with E-state index in [1.54, 1.807) is 23.1 Å². The minimum atomic E-state index is -0.881. The number of carbonyl (C=O) groups is 1. The van der Waals surface area contributed by atoms with Crippen LogP contribution in [0.5, 0.6) is 0 Å². The molecule has 1 fully saturated rings. The monoisotopic (exact) mass is 248 g/mol. The van der Waals surface area contributed by atoms with Crippen LogP contribution in [0.15, 0.2) is 24.8 Å². The first-order valence-electron chi connectivity index (χ1n) is 5.59. The van der Waals surface area contributed by atoms with Gasteiger partial charge in [0.25, 0.3) is 5.91 Å². The van der Waals surface area contributed by atoms with E-state index in [4.69, 9.17) is 0 Å². The van der Waals surface area contributed by atoms with Crippen molar-refractivity contribution in [2.75, 3.05) is 13.1 Å². The van der Waals surface area contributed by atoms with Gasteiger partial charge in [0.15, 0.2) is 0 Å². The Kier molecular flexibility index (Phi) is 2.49. The Bertz CT molecular complexity index is 587. The fourth-order valence-corrected chi connectivity index (χ4v) is 2.10. The second-order valence-electron chi connectivity index (χ2n) is 4.31. The fraction of sp³-hybridized carbons (Fsp3) is 0.364. The number of amides is 1. The molecule has 1 saturated heterocycles. The van der Waals surface area contributed by atoms with Crippen molar-refractivity contribution in [1.29, 1.82) is 0 Å². The van der Waals surface area contributed by atoms with Gasteiger partial charge in [-0.15, -0.1) is 0 Å². The fourth-order valence-electron chi connectivity index (χ4n) is 2.10. The van der Waals surface area contributed by atoms with E-state index in [9.17, 15) is 15.0 Å². The summed E-state index contributed by atoms with van der Waals surface area (Å²) in [6.45, 7) is 0.273. The molecule has 18 heavy (non-hydrogen) atoms. The van der Waals surface area contributed by atoms with Crippen molar-refractivity contribution in [3.8, 4) is 0 Å². The topological polar surface area (TPSA) is 91.0 Å². The standard InChI is InChI=1S/C11H12N4O3/c16-9-5-14(6-10(9)17)11(18)7-3-13-15-2-1-12-4-8(7)15/h1-4,9-10,16-17H,5-6H2. The smallest absolute Gasteiger partial charge is 0.257 e. The molecule has 3 heterocycles. The maximum atomic E-state index is 12.2. The van der Waals surface area contributed by atoms with E-state index < -0.39 is 12.2 Å². The quantitative estimate of drug-likeness (QED) is 0.669. The van der Waals surface area contributed by atoms with Crippen LogP contribution < -0.4 is 0 Å². The van der Waals surface area contributed by atoms with Crippen LogP contribution in [-0.4, -0.2) is 60.9 Å². The van der Waals surface area contributed by atoms with E-state index in [0.29, 0.717) is 11.1 Å². The van der Waals surface area contributed by atoms with Gasteiger partial charge in [0, 0.05) is 25.5 Å². The normalized spacial score (nSPS) is 23.8. The van der Waals surface area contributed by atoms with Crippen LogP contribution in [0.3, 0.4) is 0 Å².